The summed E-state index contributed by atoms with van der Waals surface area (Å²) in [6.45, 7) is 2.84. The molecule has 0 unspecified atom stereocenters. The van der Waals surface area contributed by atoms with Crippen molar-refractivity contribution in [3.05, 3.63) is 35.1 Å². The van der Waals surface area contributed by atoms with E-state index >= 15 is 0 Å². The second-order valence-corrected chi connectivity index (χ2v) is 4.22. The van der Waals surface area contributed by atoms with Gasteiger partial charge in [0.05, 0.1) is 12.2 Å². The second kappa shape index (κ2) is 7.82. The zero-order valence-electron chi connectivity index (χ0n) is 10.6. The van der Waals surface area contributed by atoms with Gasteiger partial charge in [0.25, 0.3) is 0 Å². The molecule has 0 fully saturated rings. The van der Waals surface area contributed by atoms with Gasteiger partial charge in [-0.25, -0.2) is 9.18 Å². The van der Waals surface area contributed by atoms with E-state index in [0.29, 0.717) is 12.2 Å². The molecular formula is C14H19FO3. The molecule has 0 bridgehead atoms. The Morgan fingerprint density at radius 3 is 2.78 bits per heavy atom. The van der Waals surface area contributed by atoms with E-state index in [1.54, 1.807) is 0 Å². The molecule has 4 heteroatoms. The van der Waals surface area contributed by atoms with Crippen LogP contribution in [0.1, 0.15) is 48.5 Å². The third-order valence-corrected chi connectivity index (χ3v) is 2.69. The summed E-state index contributed by atoms with van der Waals surface area (Å²) in [4.78, 5) is 10.7. The number of hydrogen-bond acceptors (Lipinski definition) is 2. The number of rotatable bonds is 8. The number of benzene rings is 1. The molecule has 0 aliphatic heterocycles. The lowest BCUT2D eigenvalue weighted by Crippen LogP contribution is -2.02. The summed E-state index contributed by atoms with van der Waals surface area (Å²) in [6, 6.07) is 3.74. The van der Waals surface area contributed by atoms with E-state index < -0.39 is 11.8 Å². The van der Waals surface area contributed by atoms with Crippen LogP contribution in [0, 0.1) is 5.82 Å². The number of carbonyl (C=O) groups is 1. The highest BCUT2D eigenvalue weighted by molar-refractivity contribution is 5.87. The van der Waals surface area contributed by atoms with Crippen LogP contribution in [0.2, 0.25) is 0 Å². The van der Waals surface area contributed by atoms with Crippen molar-refractivity contribution < 1.29 is 19.0 Å². The van der Waals surface area contributed by atoms with E-state index in [4.69, 9.17) is 9.84 Å². The maximum Gasteiger partial charge on any atom is 0.335 e. The molecule has 18 heavy (non-hydrogen) atoms. The van der Waals surface area contributed by atoms with Crippen molar-refractivity contribution in [1.29, 1.82) is 0 Å². The average molecular weight is 254 g/mol. The molecule has 0 saturated heterocycles. The molecule has 1 rings (SSSR count). The average Bonchev–Trinajstić information content (AvgIpc) is 2.35. The summed E-state index contributed by atoms with van der Waals surface area (Å²) in [5, 5.41) is 8.81. The van der Waals surface area contributed by atoms with Gasteiger partial charge >= 0.3 is 5.97 Å². The zero-order chi connectivity index (χ0) is 13.4. The number of halogens is 1. The highest BCUT2D eigenvalue weighted by Crippen LogP contribution is 2.12. The number of carboxylic acid groups (broad SMARTS) is 1. The van der Waals surface area contributed by atoms with Crippen LogP contribution in [0.15, 0.2) is 18.2 Å². The first kappa shape index (κ1) is 14.6. The molecule has 0 aliphatic carbocycles. The quantitative estimate of drug-likeness (QED) is 0.721. The first-order valence-electron chi connectivity index (χ1n) is 6.24. The van der Waals surface area contributed by atoms with Crippen LogP contribution in [-0.2, 0) is 11.3 Å². The van der Waals surface area contributed by atoms with E-state index in [1.807, 2.05) is 0 Å². The van der Waals surface area contributed by atoms with Crippen molar-refractivity contribution in [2.45, 2.75) is 39.2 Å². The van der Waals surface area contributed by atoms with Crippen molar-refractivity contribution in [2.24, 2.45) is 0 Å². The number of hydrogen-bond donors (Lipinski definition) is 1. The number of carboxylic acids is 1. The standard InChI is InChI=1S/C14H19FO3/c1-2-3-4-5-8-18-10-12-9-11(14(16)17)6-7-13(12)15/h6-7,9H,2-5,8,10H2,1H3,(H,16,17). The van der Waals surface area contributed by atoms with Gasteiger partial charge < -0.3 is 9.84 Å². The Balaban J connectivity index is 2.41. The van der Waals surface area contributed by atoms with Crippen LogP contribution in [0.4, 0.5) is 4.39 Å². The van der Waals surface area contributed by atoms with Crippen LogP contribution in [0.5, 0.6) is 0 Å². The fraction of sp³-hybridized carbons (Fsp3) is 0.500. The van der Waals surface area contributed by atoms with Gasteiger partial charge in [0.15, 0.2) is 0 Å². The molecule has 1 aromatic rings. The summed E-state index contributed by atoms with van der Waals surface area (Å²) in [5.74, 6) is -1.48. The molecule has 0 aliphatic rings. The zero-order valence-corrected chi connectivity index (χ0v) is 10.6. The van der Waals surface area contributed by atoms with Gasteiger partial charge in [-0.2, -0.15) is 0 Å². The molecule has 1 aromatic carbocycles. The molecule has 0 saturated carbocycles. The Bertz CT molecular complexity index is 391. The molecule has 0 radical (unpaired) electrons. The Kier molecular flexibility index (Phi) is 6.36. The molecule has 1 N–H and O–H groups in total. The molecule has 100 valence electrons. The summed E-state index contributed by atoms with van der Waals surface area (Å²) in [5.41, 5.74) is 0.381. The topological polar surface area (TPSA) is 46.5 Å². The van der Waals surface area contributed by atoms with E-state index in [-0.39, 0.29) is 12.2 Å². The van der Waals surface area contributed by atoms with Gasteiger partial charge in [-0.05, 0) is 24.6 Å². The maximum absolute atomic E-state index is 13.4. The number of unbranched alkanes of at least 4 members (excludes halogenated alkanes) is 3. The van der Waals surface area contributed by atoms with E-state index in [0.717, 1.165) is 19.3 Å². The molecular weight excluding hydrogens is 235 g/mol. The Morgan fingerprint density at radius 1 is 1.33 bits per heavy atom. The Morgan fingerprint density at radius 2 is 2.11 bits per heavy atom. The van der Waals surface area contributed by atoms with Crippen molar-refractivity contribution >= 4 is 5.97 Å². The van der Waals surface area contributed by atoms with Gasteiger partial charge in [-0.3, -0.25) is 0 Å². The first-order valence-corrected chi connectivity index (χ1v) is 6.24. The molecule has 0 aromatic heterocycles. The van der Waals surface area contributed by atoms with Gasteiger partial charge in [0.1, 0.15) is 5.82 Å². The largest absolute Gasteiger partial charge is 0.478 e. The highest BCUT2D eigenvalue weighted by Gasteiger charge is 2.08. The highest BCUT2D eigenvalue weighted by atomic mass is 19.1. The second-order valence-electron chi connectivity index (χ2n) is 4.22. The lowest BCUT2D eigenvalue weighted by atomic mass is 10.1. The third kappa shape index (κ3) is 4.84. The van der Waals surface area contributed by atoms with Crippen LogP contribution >= 0.6 is 0 Å². The van der Waals surface area contributed by atoms with Crippen molar-refractivity contribution in [2.75, 3.05) is 6.61 Å². The predicted molar refractivity (Wildman–Crippen MR) is 67.2 cm³/mol. The lowest BCUT2D eigenvalue weighted by molar-refractivity contribution is 0.0696. The minimum Gasteiger partial charge on any atom is -0.478 e. The predicted octanol–water partition coefficient (Wildman–Crippen LogP) is 3.62. The molecule has 0 heterocycles. The Hall–Kier alpha value is -1.42. The third-order valence-electron chi connectivity index (χ3n) is 2.69. The number of ether oxygens (including phenoxy) is 1. The first-order chi connectivity index (χ1) is 8.65. The van der Waals surface area contributed by atoms with Crippen LogP contribution in [-0.4, -0.2) is 17.7 Å². The minimum absolute atomic E-state index is 0.0842. The van der Waals surface area contributed by atoms with Crippen molar-refractivity contribution in [3.8, 4) is 0 Å². The van der Waals surface area contributed by atoms with E-state index in [9.17, 15) is 9.18 Å². The Labute approximate surface area is 107 Å². The lowest BCUT2D eigenvalue weighted by Gasteiger charge is -2.06. The fourth-order valence-corrected chi connectivity index (χ4v) is 1.63. The van der Waals surface area contributed by atoms with Crippen LogP contribution in [0.3, 0.4) is 0 Å². The molecule has 0 amide bonds. The van der Waals surface area contributed by atoms with Gasteiger partial charge in [0, 0.05) is 12.2 Å². The molecule has 0 atom stereocenters. The maximum atomic E-state index is 13.4. The van der Waals surface area contributed by atoms with Crippen LogP contribution < -0.4 is 0 Å². The molecule has 0 spiro atoms. The summed E-state index contributed by atoms with van der Waals surface area (Å²) in [6.07, 6.45) is 4.39. The van der Waals surface area contributed by atoms with Gasteiger partial charge in [-0.1, -0.05) is 26.2 Å². The number of aromatic carboxylic acids is 1. The molecule has 3 nitrogen and oxygen atoms in total. The van der Waals surface area contributed by atoms with Gasteiger partial charge in [-0.15, -0.1) is 0 Å². The van der Waals surface area contributed by atoms with Crippen LogP contribution in [0.25, 0.3) is 0 Å². The van der Waals surface area contributed by atoms with Gasteiger partial charge in [0.2, 0.25) is 0 Å². The minimum atomic E-state index is -1.06. The van der Waals surface area contributed by atoms with Crippen molar-refractivity contribution in [3.63, 3.8) is 0 Å². The fourth-order valence-electron chi connectivity index (χ4n) is 1.63. The SMILES string of the molecule is CCCCCCOCc1cc(C(=O)O)ccc1F. The van der Waals surface area contributed by atoms with E-state index in [1.165, 1.54) is 24.6 Å². The normalized spacial score (nSPS) is 10.6. The van der Waals surface area contributed by atoms with Crippen molar-refractivity contribution in [1.82, 2.24) is 0 Å². The summed E-state index contributed by atoms with van der Waals surface area (Å²) >= 11 is 0. The summed E-state index contributed by atoms with van der Waals surface area (Å²) in [7, 11) is 0. The monoisotopic (exact) mass is 254 g/mol. The summed E-state index contributed by atoms with van der Waals surface area (Å²) < 4.78 is 18.7. The van der Waals surface area contributed by atoms with E-state index in [2.05, 4.69) is 6.92 Å². The smallest absolute Gasteiger partial charge is 0.335 e.